The van der Waals surface area contributed by atoms with E-state index in [0.717, 1.165) is 0 Å². The van der Waals surface area contributed by atoms with Crippen LogP contribution in [-0.2, 0) is 9.53 Å². The smallest absolute Gasteiger partial charge is 0.406 e. The lowest BCUT2D eigenvalue weighted by Crippen LogP contribution is -2.26. The van der Waals surface area contributed by atoms with E-state index in [-0.39, 0.29) is 12.4 Å². The van der Waals surface area contributed by atoms with Crippen LogP contribution in [0, 0.1) is 15.9 Å². The Balaban J connectivity index is 2.38. The summed E-state index contributed by atoms with van der Waals surface area (Å²) in [5.74, 6) is -1.83. The fraction of sp³-hybridized carbons (Fsp3) is 0.250. The van der Waals surface area contributed by atoms with E-state index in [2.05, 4.69) is 4.98 Å². The van der Waals surface area contributed by atoms with Crippen LogP contribution in [-0.4, -0.2) is 28.6 Å². The molecule has 1 unspecified atom stereocenters. The summed E-state index contributed by atoms with van der Waals surface area (Å²) in [4.78, 5) is 25.8. The molecule has 0 saturated heterocycles. The minimum atomic E-state index is -1.05. The van der Waals surface area contributed by atoms with Crippen LogP contribution in [0.25, 0.3) is 11.1 Å². The first-order valence-corrected chi connectivity index (χ1v) is 7.16. The van der Waals surface area contributed by atoms with E-state index in [0.29, 0.717) is 11.1 Å². The van der Waals surface area contributed by atoms with Crippen LogP contribution < -0.4 is 4.74 Å². The molecule has 2 aromatic rings. The van der Waals surface area contributed by atoms with Crippen molar-refractivity contribution in [2.75, 3.05) is 6.61 Å². The third kappa shape index (κ3) is 4.03. The van der Waals surface area contributed by atoms with Crippen molar-refractivity contribution in [2.45, 2.75) is 20.0 Å². The predicted octanol–water partition coefficient (Wildman–Crippen LogP) is 3.13. The lowest BCUT2D eigenvalue weighted by molar-refractivity contribution is -0.390. The van der Waals surface area contributed by atoms with Gasteiger partial charge < -0.3 is 19.6 Å². The zero-order valence-corrected chi connectivity index (χ0v) is 13.1. The molecule has 0 saturated carbocycles. The van der Waals surface area contributed by atoms with Crippen molar-refractivity contribution in [1.82, 2.24) is 4.98 Å². The Morgan fingerprint density at radius 1 is 1.38 bits per heavy atom. The molecule has 0 spiro atoms. The normalized spacial score (nSPS) is 11.6. The summed E-state index contributed by atoms with van der Waals surface area (Å²) < 4.78 is 23.5. The summed E-state index contributed by atoms with van der Waals surface area (Å²) in [6.45, 7) is 3.21. The molecule has 0 bridgehead atoms. The minimum Gasteiger partial charge on any atom is -0.471 e. The molecule has 0 aliphatic heterocycles. The number of carbonyl (C=O) groups is 1. The highest BCUT2D eigenvalue weighted by molar-refractivity contribution is 5.75. The lowest BCUT2D eigenvalue weighted by Gasteiger charge is -2.13. The topological polar surface area (TPSA) is 91.6 Å². The van der Waals surface area contributed by atoms with Crippen LogP contribution in [0.4, 0.5) is 10.2 Å². The Bertz CT molecular complexity index is 766. The van der Waals surface area contributed by atoms with Crippen LogP contribution in [0.3, 0.4) is 0 Å². The number of nitro groups is 1. The number of ether oxygens (including phenoxy) is 2. The number of pyridine rings is 1. The average molecular weight is 334 g/mol. The van der Waals surface area contributed by atoms with Crippen LogP contribution >= 0.6 is 0 Å². The maximum atomic E-state index is 13.3. The molecule has 0 N–H and O–H groups in total. The molecule has 1 aromatic carbocycles. The number of carbonyl (C=O) groups excluding carboxylic acids is 1. The zero-order valence-electron chi connectivity index (χ0n) is 13.1. The first-order valence-electron chi connectivity index (χ1n) is 7.16. The SMILES string of the molecule is CCOC(=O)C(C)Oc1cc(-c2cccc(F)c2)cnc1[N+](=O)[O-]. The molecular formula is C16H15FN2O5. The molecule has 1 heterocycles. The molecule has 24 heavy (non-hydrogen) atoms. The van der Waals surface area contributed by atoms with Gasteiger partial charge in [0, 0.05) is 11.6 Å². The summed E-state index contributed by atoms with van der Waals surface area (Å²) in [6.07, 6.45) is 0.197. The Morgan fingerprint density at radius 2 is 2.12 bits per heavy atom. The molecule has 0 amide bonds. The molecule has 0 fully saturated rings. The molecule has 8 heteroatoms. The third-order valence-corrected chi connectivity index (χ3v) is 3.09. The van der Waals surface area contributed by atoms with E-state index >= 15 is 0 Å². The number of benzene rings is 1. The van der Waals surface area contributed by atoms with Gasteiger partial charge in [0.2, 0.25) is 5.75 Å². The second kappa shape index (κ2) is 7.49. The number of esters is 1. The Kier molecular flexibility index (Phi) is 5.41. The van der Waals surface area contributed by atoms with Crippen molar-refractivity contribution >= 4 is 11.8 Å². The molecule has 0 aliphatic carbocycles. The van der Waals surface area contributed by atoms with Crippen LogP contribution in [0.2, 0.25) is 0 Å². The first kappa shape index (κ1) is 17.3. The Hall–Kier alpha value is -3.03. The highest BCUT2D eigenvalue weighted by Gasteiger charge is 2.24. The molecule has 0 aliphatic rings. The summed E-state index contributed by atoms with van der Waals surface area (Å²) in [7, 11) is 0. The number of hydrogen-bond acceptors (Lipinski definition) is 6. The highest BCUT2D eigenvalue weighted by Crippen LogP contribution is 2.31. The number of nitrogens with zero attached hydrogens (tertiary/aromatic N) is 2. The quantitative estimate of drug-likeness (QED) is 0.458. The summed E-state index contributed by atoms with van der Waals surface area (Å²) in [5, 5.41) is 11.1. The van der Waals surface area contributed by atoms with Crippen molar-refractivity contribution < 1.29 is 23.6 Å². The average Bonchev–Trinajstić information content (AvgIpc) is 2.54. The van der Waals surface area contributed by atoms with E-state index in [1.54, 1.807) is 13.0 Å². The zero-order chi connectivity index (χ0) is 17.7. The van der Waals surface area contributed by atoms with E-state index < -0.39 is 28.6 Å². The standard InChI is InChI=1S/C16H15FN2O5/c1-3-23-16(20)10(2)24-14-8-12(9-18-15(14)19(21)22)11-5-4-6-13(17)7-11/h4-10H,3H2,1-2H3. The molecule has 7 nitrogen and oxygen atoms in total. The number of halogens is 1. The van der Waals surface area contributed by atoms with Crippen molar-refractivity contribution in [3.8, 4) is 16.9 Å². The van der Waals surface area contributed by atoms with Gasteiger partial charge in [0.05, 0.1) is 6.61 Å². The van der Waals surface area contributed by atoms with Crippen molar-refractivity contribution in [3.05, 3.63) is 52.5 Å². The summed E-state index contributed by atoms with van der Waals surface area (Å²) in [5.41, 5.74) is 0.900. The second-order valence-electron chi connectivity index (χ2n) is 4.83. The Labute approximate surface area is 137 Å². The summed E-state index contributed by atoms with van der Waals surface area (Å²) >= 11 is 0. The van der Waals surface area contributed by atoms with Crippen LogP contribution in [0.15, 0.2) is 36.5 Å². The molecule has 126 valence electrons. The second-order valence-corrected chi connectivity index (χ2v) is 4.83. The molecule has 2 rings (SSSR count). The van der Waals surface area contributed by atoms with Gasteiger partial charge in [-0.15, -0.1) is 0 Å². The van der Waals surface area contributed by atoms with E-state index in [1.165, 1.54) is 37.4 Å². The van der Waals surface area contributed by atoms with E-state index in [4.69, 9.17) is 9.47 Å². The molecule has 1 aromatic heterocycles. The van der Waals surface area contributed by atoms with Gasteiger partial charge in [-0.2, -0.15) is 0 Å². The van der Waals surface area contributed by atoms with Crippen molar-refractivity contribution in [2.24, 2.45) is 0 Å². The minimum absolute atomic E-state index is 0.163. The fourth-order valence-corrected chi connectivity index (χ4v) is 1.99. The van der Waals surface area contributed by atoms with Crippen LogP contribution in [0.5, 0.6) is 5.75 Å². The van der Waals surface area contributed by atoms with Gasteiger partial charge in [-0.1, -0.05) is 12.1 Å². The maximum Gasteiger partial charge on any atom is 0.406 e. The first-order chi connectivity index (χ1) is 11.4. The number of hydrogen-bond donors (Lipinski definition) is 0. The van der Waals surface area contributed by atoms with Gasteiger partial charge in [0.25, 0.3) is 0 Å². The fourth-order valence-electron chi connectivity index (χ4n) is 1.99. The Morgan fingerprint density at radius 3 is 2.75 bits per heavy atom. The van der Waals surface area contributed by atoms with Gasteiger partial charge in [0.15, 0.2) is 6.10 Å². The largest absolute Gasteiger partial charge is 0.471 e. The molecule has 0 radical (unpaired) electrons. The maximum absolute atomic E-state index is 13.3. The highest BCUT2D eigenvalue weighted by atomic mass is 19.1. The molecular weight excluding hydrogens is 319 g/mol. The van der Waals surface area contributed by atoms with Crippen molar-refractivity contribution in [1.29, 1.82) is 0 Å². The molecule has 1 atom stereocenters. The van der Waals surface area contributed by atoms with Crippen LogP contribution in [0.1, 0.15) is 13.8 Å². The van der Waals surface area contributed by atoms with E-state index in [1.807, 2.05) is 0 Å². The predicted molar refractivity (Wildman–Crippen MR) is 83.0 cm³/mol. The van der Waals surface area contributed by atoms with Gasteiger partial charge in [-0.3, -0.25) is 0 Å². The van der Waals surface area contributed by atoms with Gasteiger partial charge in [-0.05, 0) is 41.5 Å². The summed E-state index contributed by atoms with van der Waals surface area (Å²) in [6, 6.07) is 7.03. The van der Waals surface area contributed by atoms with Gasteiger partial charge in [0.1, 0.15) is 12.0 Å². The lowest BCUT2D eigenvalue weighted by atomic mass is 10.1. The van der Waals surface area contributed by atoms with Gasteiger partial charge >= 0.3 is 11.8 Å². The van der Waals surface area contributed by atoms with Crippen molar-refractivity contribution in [3.63, 3.8) is 0 Å². The van der Waals surface area contributed by atoms with Gasteiger partial charge in [-0.25, -0.2) is 9.18 Å². The van der Waals surface area contributed by atoms with E-state index in [9.17, 15) is 19.3 Å². The number of aromatic nitrogens is 1. The third-order valence-electron chi connectivity index (χ3n) is 3.09. The number of rotatable bonds is 6. The monoisotopic (exact) mass is 334 g/mol.